The first-order valence-corrected chi connectivity index (χ1v) is 13.2. The van der Waals surface area contributed by atoms with E-state index in [1.807, 2.05) is 6.07 Å². The highest BCUT2D eigenvalue weighted by molar-refractivity contribution is 7.99. The van der Waals surface area contributed by atoms with Crippen LogP contribution in [0.15, 0.2) is 52.7 Å². The molecular formula is C27H36N4OS. The lowest BCUT2D eigenvalue weighted by atomic mass is 9.78. The molecule has 3 atom stereocenters. The van der Waals surface area contributed by atoms with Crippen molar-refractivity contribution in [1.82, 2.24) is 15.2 Å². The van der Waals surface area contributed by atoms with Gasteiger partial charge in [0.05, 0.1) is 0 Å². The molecule has 1 aromatic carbocycles. The number of nitrogens with one attached hydrogen (secondary N) is 1. The third-order valence-corrected chi connectivity index (χ3v) is 7.41. The van der Waals surface area contributed by atoms with Crippen molar-refractivity contribution in [2.45, 2.75) is 77.6 Å². The van der Waals surface area contributed by atoms with Crippen LogP contribution in [0, 0.1) is 11.8 Å². The fourth-order valence-electron chi connectivity index (χ4n) is 4.59. The van der Waals surface area contributed by atoms with Crippen LogP contribution in [0.5, 0.6) is 5.88 Å². The number of benzene rings is 1. The van der Waals surface area contributed by atoms with Crippen molar-refractivity contribution < 1.29 is 4.74 Å². The predicted molar refractivity (Wildman–Crippen MR) is 138 cm³/mol. The van der Waals surface area contributed by atoms with Gasteiger partial charge in [0.1, 0.15) is 0 Å². The van der Waals surface area contributed by atoms with Crippen LogP contribution < -0.4 is 10.1 Å². The van der Waals surface area contributed by atoms with Gasteiger partial charge < -0.3 is 10.1 Å². The van der Waals surface area contributed by atoms with Gasteiger partial charge in [0, 0.05) is 22.9 Å². The Balaban J connectivity index is 1.56. The number of anilines is 1. The molecule has 176 valence electrons. The van der Waals surface area contributed by atoms with Gasteiger partial charge in [0.2, 0.25) is 11.0 Å². The second kappa shape index (κ2) is 11.2. The zero-order valence-corrected chi connectivity index (χ0v) is 21.1. The van der Waals surface area contributed by atoms with Gasteiger partial charge in [-0.15, -0.1) is 10.2 Å². The van der Waals surface area contributed by atoms with Crippen molar-refractivity contribution in [3.8, 4) is 17.1 Å². The molecule has 1 N–H and O–H groups in total. The number of hydrogen-bond acceptors (Lipinski definition) is 6. The summed E-state index contributed by atoms with van der Waals surface area (Å²) in [5.41, 5.74) is 5.73. The molecule has 0 saturated heterocycles. The monoisotopic (exact) mass is 464 g/mol. The SMILES string of the molecule is CCCCSc1nnc2c(n1)O[C@@H]([C@@H]1CC=C(CCC=C(C)C)C[C@@H]1C)Nc1ccccc1-2. The number of ether oxygens (including phenoxy) is 1. The minimum Gasteiger partial charge on any atom is -0.452 e. The summed E-state index contributed by atoms with van der Waals surface area (Å²) in [7, 11) is 0. The highest BCUT2D eigenvalue weighted by Crippen LogP contribution is 2.41. The Bertz CT molecular complexity index is 1010. The number of unbranched alkanes of at least 4 members (excludes halogenated alkanes) is 1. The third kappa shape index (κ3) is 5.97. The van der Waals surface area contributed by atoms with Gasteiger partial charge in [-0.2, -0.15) is 4.98 Å². The van der Waals surface area contributed by atoms with E-state index in [1.165, 1.54) is 5.57 Å². The van der Waals surface area contributed by atoms with Crippen molar-refractivity contribution in [1.29, 1.82) is 0 Å². The molecule has 5 nitrogen and oxygen atoms in total. The van der Waals surface area contributed by atoms with E-state index >= 15 is 0 Å². The molecule has 6 heteroatoms. The molecule has 0 saturated carbocycles. The molecule has 0 spiro atoms. The largest absolute Gasteiger partial charge is 0.452 e. The fraction of sp³-hybridized carbons (Fsp3) is 0.519. The Hall–Kier alpha value is -2.34. The first-order valence-electron chi connectivity index (χ1n) is 12.3. The van der Waals surface area contributed by atoms with Gasteiger partial charge in [-0.1, -0.05) is 73.5 Å². The second-order valence-electron chi connectivity index (χ2n) is 9.44. The van der Waals surface area contributed by atoms with Gasteiger partial charge in [0.15, 0.2) is 11.9 Å². The number of thioether (sulfide) groups is 1. The topological polar surface area (TPSA) is 59.9 Å². The van der Waals surface area contributed by atoms with Crippen molar-refractivity contribution in [3.63, 3.8) is 0 Å². The van der Waals surface area contributed by atoms with Crippen LogP contribution in [-0.4, -0.2) is 27.2 Å². The van der Waals surface area contributed by atoms with Gasteiger partial charge >= 0.3 is 0 Å². The Morgan fingerprint density at radius 3 is 2.88 bits per heavy atom. The molecule has 1 aromatic heterocycles. The zero-order valence-electron chi connectivity index (χ0n) is 20.3. The quantitative estimate of drug-likeness (QED) is 0.252. The summed E-state index contributed by atoms with van der Waals surface area (Å²) in [6.07, 6.45) is 11.3. The first kappa shape index (κ1) is 23.8. The molecule has 33 heavy (non-hydrogen) atoms. The lowest BCUT2D eigenvalue weighted by molar-refractivity contribution is 0.114. The van der Waals surface area contributed by atoms with Crippen molar-refractivity contribution in [2.24, 2.45) is 11.8 Å². The molecular weight excluding hydrogens is 428 g/mol. The van der Waals surface area contributed by atoms with Crippen LogP contribution >= 0.6 is 11.8 Å². The third-order valence-electron chi connectivity index (χ3n) is 6.48. The number of fused-ring (bicyclic) bond motifs is 3. The van der Waals surface area contributed by atoms with E-state index in [4.69, 9.17) is 9.72 Å². The van der Waals surface area contributed by atoms with E-state index in [-0.39, 0.29) is 6.23 Å². The molecule has 0 amide bonds. The average molecular weight is 465 g/mol. The van der Waals surface area contributed by atoms with E-state index in [0.29, 0.717) is 22.9 Å². The van der Waals surface area contributed by atoms with Crippen LogP contribution in [0.2, 0.25) is 0 Å². The molecule has 4 rings (SSSR count). The Kier molecular flexibility index (Phi) is 8.07. The van der Waals surface area contributed by atoms with Crippen LogP contribution in [0.4, 0.5) is 5.69 Å². The number of nitrogens with zero attached hydrogens (tertiary/aromatic N) is 3. The number of aromatic nitrogens is 3. The molecule has 2 aromatic rings. The first-order chi connectivity index (χ1) is 16.0. The normalized spacial score (nSPS) is 21.6. The van der Waals surface area contributed by atoms with Gasteiger partial charge in [0.25, 0.3) is 0 Å². The summed E-state index contributed by atoms with van der Waals surface area (Å²) in [6.45, 7) is 8.89. The van der Waals surface area contributed by atoms with Crippen LogP contribution in [-0.2, 0) is 0 Å². The molecule has 0 bridgehead atoms. The number of para-hydroxylation sites is 1. The molecule has 0 fully saturated rings. The summed E-state index contributed by atoms with van der Waals surface area (Å²) in [6, 6.07) is 8.25. The predicted octanol–water partition coefficient (Wildman–Crippen LogP) is 7.28. The van der Waals surface area contributed by atoms with Crippen molar-refractivity contribution in [2.75, 3.05) is 11.1 Å². The smallest absolute Gasteiger partial charge is 0.247 e. The fourth-order valence-corrected chi connectivity index (χ4v) is 5.45. The maximum atomic E-state index is 6.57. The maximum absolute atomic E-state index is 6.57. The Morgan fingerprint density at radius 1 is 1.24 bits per heavy atom. The molecule has 2 aliphatic rings. The Labute approximate surface area is 202 Å². The van der Waals surface area contributed by atoms with Gasteiger partial charge in [-0.3, -0.25) is 0 Å². The highest BCUT2D eigenvalue weighted by atomic mass is 32.2. The highest BCUT2D eigenvalue weighted by Gasteiger charge is 2.34. The second-order valence-corrected chi connectivity index (χ2v) is 10.5. The molecule has 0 radical (unpaired) electrons. The summed E-state index contributed by atoms with van der Waals surface area (Å²) in [5, 5.41) is 13.3. The molecule has 0 unspecified atom stereocenters. The summed E-state index contributed by atoms with van der Waals surface area (Å²) in [4.78, 5) is 4.79. The number of allylic oxidation sites excluding steroid dienone is 4. The van der Waals surface area contributed by atoms with Crippen LogP contribution in [0.3, 0.4) is 0 Å². The van der Waals surface area contributed by atoms with E-state index in [9.17, 15) is 0 Å². The molecule has 1 aliphatic carbocycles. The summed E-state index contributed by atoms with van der Waals surface area (Å²) in [5.74, 6) is 2.48. The zero-order chi connectivity index (χ0) is 23.2. The van der Waals surface area contributed by atoms with Gasteiger partial charge in [-0.25, -0.2) is 0 Å². The van der Waals surface area contributed by atoms with Crippen LogP contribution in [0.1, 0.15) is 66.2 Å². The maximum Gasteiger partial charge on any atom is 0.247 e. The van der Waals surface area contributed by atoms with Crippen LogP contribution in [0.25, 0.3) is 11.3 Å². The van der Waals surface area contributed by atoms with Gasteiger partial charge in [-0.05, 0) is 57.9 Å². The molecule has 1 aliphatic heterocycles. The van der Waals surface area contributed by atoms with E-state index < -0.39 is 0 Å². The standard InChI is InChI=1S/C27H36N4OS/c1-5-6-16-33-27-29-26-24(30-31-27)22-12-7-8-13-23(22)28-25(32-26)21-15-14-20(17-19(21)4)11-9-10-18(2)3/h7-8,10,12-14,19,21,25,28H,5-6,9,11,15-17H2,1-4H3/t19-,21+,25-/m0/s1. The molecule has 2 heterocycles. The lowest BCUT2D eigenvalue weighted by Crippen LogP contribution is -2.39. The van der Waals surface area contributed by atoms with E-state index in [1.54, 1.807) is 17.3 Å². The summed E-state index contributed by atoms with van der Waals surface area (Å²) < 4.78 is 6.57. The lowest BCUT2D eigenvalue weighted by Gasteiger charge is -2.35. The minimum absolute atomic E-state index is 0.150. The average Bonchev–Trinajstić information content (AvgIpc) is 2.95. The Morgan fingerprint density at radius 2 is 2.09 bits per heavy atom. The van der Waals surface area contributed by atoms with Crippen molar-refractivity contribution >= 4 is 17.4 Å². The summed E-state index contributed by atoms with van der Waals surface area (Å²) >= 11 is 1.65. The van der Waals surface area contributed by atoms with E-state index in [0.717, 1.165) is 61.2 Å². The van der Waals surface area contributed by atoms with E-state index in [2.05, 4.69) is 73.6 Å². The number of hydrogen-bond donors (Lipinski definition) is 1. The number of rotatable bonds is 8. The van der Waals surface area contributed by atoms with Crippen molar-refractivity contribution in [3.05, 3.63) is 47.6 Å². The minimum atomic E-state index is -0.150.